The lowest BCUT2D eigenvalue weighted by atomic mass is 10.1. The molecule has 0 saturated carbocycles. The normalized spacial score (nSPS) is 10.6. The molecule has 25 heavy (non-hydrogen) atoms. The van der Waals surface area contributed by atoms with Gasteiger partial charge in [-0.2, -0.15) is 10.1 Å². The predicted octanol–water partition coefficient (Wildman–Crippen LogP) is 4.56. The zero-order chi connectivity index (χ0) is 18.0. The summed E-state index contributed by atoms with van der Waals surface area (Å²) in [5, 5.41) is 13.6. The van der Waals surface area contributed by atoms with Gasteiger partial charge in [-0.25, -0.2) is 8.78 Å². The van der Waals surface area contributed by atoms with Gasteiger partial charge in [-0.15, -0.1) is 5.10 Å². The maximum Gasteiger partial charge on any atom is 0.249 e. The van der Waals surface area contributed by atoms with Gasteiger partial charge < -0.3 is 10.6 Å². The van der Waals surface area contributed by atoms with Crippen molar-refractivity contribution in [2.45, 2.75) is 20.8 Å². The first-order valence-corrected chi connectivity index (χ1v) is 7.69. The number of aryl methyl sites for hydroxylation is 3. The first-order valence-electron chi connectivity index (χ1n) is 7.69. The van der Waals surface area contributed by atoms with Crippen molar-refractivity contribution in [3.63, 3.8) is 0 Å². The second kappa shape index (κ2) is 6.80. The van der Waals surface area contributed by atoms with Crippen molar-refractivity contribution in [1.29, 1.82) is 0 Å². The summed E-state index contributed by atoms with van der Waals surface area (Å²) >= 11 is 0. The number of rotatable bonds is 4. The van der Waals surface area contributed by atoms with Crippen LogP contribution in [0.5, 0.6) is 0 Å². The van der Waals surface area contributed by atoms with Crippen LogP contribution in [0.2, 0.25) is 0 Å². The minimum absolute atomic E-state index is 0.0723. The van der Waals surface area contributed by atoms with Gasteiger partial charge in [0.1, 0.15) is 11.6 Å². The highest BCUT2D eigenvalue weighted by Crippen LogP contribution is 2.25. The van der Waals surface area contributed by atoms with Crippen molar-refractivity contribution in [1.82, 2.24) is 15.2 Å². The molecule has 3 rings (SSSR count). The smallest absolute Gasteiger partial charge is 0.249 e. The van der Waals surface area contributed by atoms with Gasteiger partial charge in [-0.05, 0) is 44.0 Å². The fourth-order valence-corrected chi connectivity index (χ4v) is 2.63. The highest BCUT2D eigenvalue weighted by Gasteiger charge is 2.09. The quantitative estimate of drug-likeness (QED) is 0.728. The molecule has 0 unspecified atom stereocenters. The Labute approximate surface area is 144 Å². The number of nitrogens with zero attached hydrogens (tertiary/aromatic N) is 3. The zero-order valence-corrected chi connectivity index (χ0v) is 14.1. The van der Waals surface area contributed by atoms with Crippen LogP contribution in [0.15, 0.2) is 36.5 Å². The Morgan fingerprint density at radius 1 is 0.920 bits per heavy atom. The van der Waals surface area contributed by atoms with Crippen LogP contribution in [0.4, 0.5) is 31.9 Å². The van der Waals surface area contributed by atoms with E-state index in [0.29, 0.717) is 5.82 Å². The van der Waals surface area contributed by atoms with Crippen LogP contribution in [-0.4, -0.2) is 15.2 Å². The van der Waals surface area contributed by atoms with Crippen molar-refractivity contribution in [2.75, 3.05) is 10.6 Å². The average molecular weight is 341 g/mol. The first kappa shape index (κ1) is 16.8. The number of anilines is 4. The summed E-state index contributed by atoms with van der Waals surface area (Å²) in [6.45, 7) is 6.04. The predicted molar refractivity (Wildman–Crippen MR) is 93.4 cm³/mol. The highest BCUT2D eigenvalue weighted by atomic mass is 19.1. The van der Waals surface area contributed by atoms with E-state index in [2.05, 4.69) is 37.9 Å². The van der Waals surface area contributed by atoms with E-state index in [0.717, 1.165) is 28.9 Å². The van der Waals surface area contributed by atoms with E-state index >= 15 is 0 Å². The van der Waals surface area contributed by atoms with Gasteiger partial charge in [0, 0.05) is 11.8 Å². The molecule has 0 aliphatic rings. The van der Waals surface area contributed by atoms with Crippen LogP contribution in [0.25, 0.3) is 0 Å². The van der Waals surface area contributed by atoms with Crippen molar-refractivity contribution in [3.05, 3.63) is 64.9 Å². The fourth-order valence-electron chi connectivity index (χ4n) is 2.63. The molecule has 1 heterocycles. The third-order valence-electron chi connectivity index (χ3n) is 3.67. The minimum atomic E-state index is -0.729. The largest absolute Gasteiger partial charge is 0.338 e. The summed E-state index contributed by atoms with van der Waals surface area (Å²) in [6.07, 6.45) is 1.48. The van der Waals surface area contributed by atoms with Gasteiger partial charge in [-0.3, -0.25) is 0 Å². The molecule has 0 aliphatic carbocycles. The third kappa shape index (κ3) is 3.88. The van der Waals surface area contributed by atoms with E-state index in [1.165, 1.54) is 17.8 Å². The summed E-state index contributed by atoms with van der Waals surface area (Å²) in [4.78, 5) is 4.28. The lowest BCUT2D eigenvalue weighted by Gasteiger charge is -2.13. The second-order valence-electron chi connectivity index (χ2n) is 5.81. The number of hydrogen-bond donors (Lipinski definition) is 2. The lowest BCUT2D eigenvalue weighted by Crippen LogP contribution is -2.05. The number of hydrogen-bond acceptors (Lipinski definition) is 5. The Hall–Kier alpha value is -3.09. The number of benzene rings is 2. The van der Waals surface area contributed by atoms with Crippen molar-refractivity contribution in [2.24, 2.45) is 0 Å². The standard InChI is InChI=1S/C18H17F2N5/c1-10-6-11(2)17(12(3)7-10)23-16-9-21-25-18(24-16)22-15-5-4-13(19)8-14(15)20/h4-9H,1-3H3,(H2,22,23,24,25). The van der Waals surface area contributed by atoms with Crippen molar-refractivity contribution >= 4 is 23.1 Å². The molecule has 3 aromatic rings. The van der Waals surface area contributed by atoms with Crippen molar-refractivity contribution < 1.29 is 8.78 Å². The van der Waals surface area contributed by atoms with Crippen LogP contribution < -0.4 is 10.6 Å². The molecule has 128 valence electrons. The van der Waals surface area contributed by atoms with Crippen LogP contribution in [-0.2, 0) is 0 Å². The van der Waals surface area contributed by atoms with E-state index in [1.54, 1.807) is 0 Å². The van der Waals surface area contributed by atoms with E-state index < -0.39 is 11.6 Å². The SMILES string of the molecule is Cc1cc(C)c(Nc2cnnc(Nc3ccc(F)cc3F)n2)c(C)c1. The molecule has 0 fully saturated rings. The van der Waals surface area contributed by atoms with Gasteiger partial charge in [-0.1, -0.05) is 17.7 Å². The lowest BCUT2D eigenvalue weighted by molar-refractivity contribution is 0.586. The van der Waals surface area contributed by atoms with Gasteiger partial charge in [0.15, 0.2) is 5.82 Å². The summed E-state index contributed by atoms with van der Waals surface area (Å²) in [5.41, 5.74) is 4.34. The fraction of sp³-hybridized carbons (Fsp3) is 0.167. The maximum absolute atomic E-state index is 13.7. The van der Waals surface area contributed by atoms with Crippen molar-refractivity contribution in [3.8, 4) is 0 Å². The molecule has 0 spiro atoms. The Bertz CT molecular complexity index is 904. The van der Waals surface area contributed by atoms with Gasteiger partial charge in [0.05, 0.1) is 11.9 Å². The average Bonchev–Trinajstić information content (AvgIpc) is 2.54. The monoisotopic (exact) mass is 341 g/mol. The second-order valence-corrected chi connectivity index (χ2v) is 5.81. The molecule has 5 nitrogen and oxygen atoms in total. The van der Waals surface area contributed by atoms with E-state index in [-0.39, 0.29) is 11.6 Å². The van der Waals surface area contributed by atoms with Gasteiger partial charge >= 0.3 is 0 Å². The molecule has 1 aromatic heterocycles. The maximum atomic E-state index is 13.7. The highest BCUT2D eigenvalue weighted by molar-refractivity contribution is 5.65. The number of nitrogens with one attached hydrogen (secondary N) is 2. The molecule has 2 N–H and O–H groups in total. The molecule has 0 bridgehead atoms. The molecule has 2 aromatic carbocycles. The van der Waals surface area contributed by atoms with E-state index in [4.69, 9.17) is 0 Å². The molecule has 0 atom stereocenters. The number of halogens is 2. The van der Waals surface area contributed by atoms with Gasteiger partial charge in [0.2, 0.25) is 5.95 Å². The molecular formula is C18H17F2N5. The topological polar surface area (TPSA) is 62.7 Å². The van der Waals surface area contributed by atoms with Crippen LogP contribution in [0.1, 0.15) is 16.7 Å². The zero-order valence-electron chi connectivity index (χ0n) is 14.1. The summed E-state index contributed by atoms with van der Waals surface area (Å²) < 4.78 is 26.7. The van der Waals surface area contributed by atoms with Crippen LogP contribution >= 0.6 is 0 Å². The Balaban J connectivity index is 1.85. The molecule has 0 saturated heterocycles. The molecule has 0 radical (unpaired) electrons. The molecule has 0 aliphatic heterocycles. The molecular weight excluding hydrogens is 324 g/mol. The Morgan fingerprint density at radius 2 is 1.64 bits per heavy atom. The minimum Gasteiger partial charge on any atom is -0.338 e. The van der Waals surface area contributed by atoms with E-state index in [9.17, 15) is 8.78 Å². The summed E-state index contributed by atoms with van der Waals surface area (Å²) in [6, 6.07) is 7.35. The van der Waals surface area contributed by atoms with E-state index in [1.807, 2.05) is 20.8 Å². The Kier molecular flexibility index (Phi) is 4.56. The summed E-state index contributed by atoms with van der Waals surface area (Å²) in [7, 11) is 0. The van der Waals surface area contributed by atoms with Crippen LogP contribution in [0, 0.1) is 32.4 Å². The number of aromatic nitrogens is 3. The third-order valence-corrected chi connectivity index (χ3v) is 3.67. The molecule has 0 amide bonds. The van der Waals surface area contributed by atoms with Crippen LogP contribution in [0.3, 0.4) is 0 Å². The first-order chi connectivity index (χ1) is 11.9. The summed E-state index contributed by atoms with van der Waals surface area (Å²) in [5.74, 6) is -0.803. The van der Waals surface area contributed by atoms with Gasteiger partial charge in [0.25, 0.3) is 0 Å². The molecule has 7 heteroatoms. The Morgan fingerprint density at radius 3 is 2.32 bits per heavy atom.